The number of amides is 5. The van der Waals surface area contributed by atoms with Gasteiger partial charge >= 0.3 is 5.97 Å². The molecule has 14 nitrogen and oxygen atoms in total. The van der Waals surface area contributed by atoms with Gasteiger partial charge in [0, 0.05) is 7.05 Å². The minimum Gasteiger partial charge on any atom is -0.460 e. The first-order valence-electron chi connectivity index (χ1n) is 18.5. The first-order valence-corrected chi connectivity index (χ1v) is 18.5. The van der Waals surface area contributed by atoms with Gasteiger partial charge in [0.05, 0.1) is 18.6 Å². The molecule has 1 saturated heterocycles. The van der Waals surface area contributed by atoms with Crippen LogP contribution in [0.2, 0.25) is 0 Å². The number of rotatable bonds is 15. The molecule has 5 amide bonds. The molecule has 1 rings (SSSR count). The van der Waals surface area contributed by atoms with Crippen LogP contribution in [0.25, 0.3) is 0 Å². The molecule has 0 aromatic rings. The largest absolute Gasteiger partial charge is 0.460 e. The molecule has 1 fully saturated rings. The molecule has 288 valence electrons. The van der Waals surface area contributed by atoms with Crippen molar-refractivity contribution in [2.45, 2.75) is 155 Å². The lowest BCUT2D eigenvalue weighted by Gasteiger charge is -2.34. The van der Waals surface area contributed by atoms with Crippen LogP contribution in [0.5, 0.6) is 0 Å². The van der Waals surface area contributed by atoms with Gasteiger partial charge in [0.25, 0.3) is 0 Å². The number of carbonyl (C=O) groups is 6. The van der Waals surface area contributed by atoms with Crippen LogP contribution in [0.3, 0.4) is 0 Å². The highest BCUT2D eigenvalue weighted by atomic mass is 16.5. The highest BCUT2D eigenvalue weighted by Crippen LogP contribution is 2.22. The summed E-state index contributed by atoms with van der Waals surface area (Å²) >= 11 is 0. The summed E-state index contributed by atoms with van der Waals surface area (Å²) in [4.78, 5) is 81.9. The second-order valence-corrected chi connectivity index (χ2v) is 14.2. The normalized spacial score (nSPS) is 26.5. The Morgan fingerprint density at radius 3 is 1.92 bits per heavy atom. The second-order valence-electron chi connectivity index (χ2n) is 14.2. The Labute approximate surface area is 298 Å². The summed E-state index contributed by atoms with van der Waals surface area (Å²) in [7, 11) is 1.52. The second kappa shape index (κ2) is 23.3. The van der Waals surface area contributed by atoms with Crippen molar-refractivity contribution in [3.63, 3.8) is 0 Å². The molecule has 0 aromatic carbocycles. The SMILES string of the molecule is CCCCCCCCCC[C@H]1OC(=O)CNC(=O)C(C(C)O)NC(=O)C(CO)NC(=O)C(C(C)CC)NC(=O)C(CC(C)C)N(C)C(=O)C1C. The number of hydrogen-bond acceptors (Lipinski definition) is 9. The summed E-state index contributed by atoms with van der Waals surface area (Å²) in [6.45, 7) is 11.0. The lowest BCUT2D eigenvalue weighted by Crippen LogP contribution is -2.61. The molecule has 0 bridgehead atoms. The van der Waals surface area contributed by atoms with Gasteiger partial charge < -0.3 is 41.1 Å². The summed E-state index contributed by atoms with van der Waals surface area (Å²) in [6.07, 6.45) is 7.29. The molecule has 1 aliphatic rings. The van der Waals surface area contributed by atoms with Gasteiger partial charge in [-0.25, -0.2) is 0 Å². The van der Waals surface area contributed by atoms with E-state index >= 15 is 0 Å². The van der Waals surface area contributed by atoms with Crippen molar-refractivity contribution in [2.24, 2.45) is 17.8 Å². The predicted octanol–water partition coefficient (Wildman–Crippen LogP) is 1.94. The van der Waals surface area contributed by atoms with Crippen LogP contribution in [0.1, 0.15) is 119 Å². The third kappa shape index (κ3) is 14.9. The molecule has 1 heterocycles. The van der Waals surface area contributed by atoms with E-state index in [1.165, 1.54) is 38.1 Å². The number of hydrogen-bond donors (Lipinski definition) is 6. The topological polar surface area (TPSA) is 203 Å². The standard InChI is InChI=1S/C36H65N5O9/c1-9-11-12-13-14-15-16-17-18-28-24(6)36(49)41(8)27(19-22(3)4)33(46)39-30(23(5)10-2)35(48)38-26(21-42)32(45)40-31(25(7)43)34(47)37-20-29(44)50-28/h22-28,30-31,42-43H,9-21H2,1-8H3,(H,37,47)(H,38,48)(H,39,46)(H,40,45)/t23?,24?,25?,26?,27?,28-,30?,31?/m1/s1. The molecule has 0 aromatic heterocycles. The predicted molar refractivity (Wildman–Crippen MR) is 189 cm³/mol. The molecule has 0 radical (unpaired) electrons. The smallest absolute Gasteiger partial charge is 0.325 e. The molecule has 14 heteroatoms. The van der Waals surface area contributed by atoms with E-state index in [1.54, 1.807) is 13.8 Å². The fraction of sp³-hybridized carbons (Fsp3) is 0.833. The summed E-state index contributed by atoms with van der Waals surface area (Å²) in [5.74, 6) is -5.63. The molecule has 50 heavy (non-hydrogen) atoms. The van der Waals surface area contributed by atoms with Gasteiger partial charge in [0.1, 0.15) is 36.8 Å². The van der Waals surface area contributed by atoms with Gasteiger partial charge in [-0.15, -0.1) is 0 Å². The number of aliphatic hydroxyl groups excluding tert-OH is 2. The van der Waals surface area contributed by atoms with Gasteiger partial charge in [-0.2, -0.15) is 0 Å². The van der Waals surface area contributed by atoms with Crippen molar-refractivity contribution < 1.29 is 43.7 Å². The number of nitrogens with one attached hydrogen (secondary N) is 4. The molecular weight excluding hydrogens is 646 g/mol. The molecule has 6 N–H and O–H groups in total. The van der Waals surface area contributed by atoms with E-state index in [4.69, 9.17) is 4.74 Å². The van der Waals surface area contributed by atoms with Crippen molar-refractivity contribution in [1.82, 2.24) is 26.2 Å². The maximum atomic E-state index is 14.0. The van der Waals surface area contributed by atoms with Crippen LogP contribution in [-0.4, -0.2) is 107 Å². The number of carbonyl (C=O) groups excluding carboxylic acids is 6. The third-order valence-electron chi connectivity index (χ3n) is 9.46. The summed E-state index contributed by atoms with van der Waals surface area (Å²) in [6, 6.07) is -5.15. The summed E-state index contributed by atoms with van der Waals surface area (Å²) in [5, 5.41) is 30.2. The lowest BCUT2D eigenvalue weighted by molar-refractivity contribution is -0.157. The number of unbranched alkanes of at least 4 members (excludes halogenated alkanes) is 7. The average Bonchev–Trinajstić information content (AvgIpc) is 3.07. The Bertz CT molecular complexity index is 1100. The third-order valence-corrected chi connectivity index (χ3v) is 9.46. The van der Waals surface area contributed by atoms with E-state index in [-0.39, 0.29) is 12.3 Å². The number of cyclic esters (lactones) is 1. The van der Waals surface area contributed by atoms with Crippen molar-refractivity contribution in [2.75, 3.05) is 20.2 Å². The Morgan fingerprint density at radius 2 is 1.38 bits per heavy atom. The van der Waals surface area contributed by atoms with Crippen LogP contribution in [0.15, 0.2) is 0 Å². The minimum absolute atomic E-state index is 0.00678. The van der Waals surface area contributed by atoms with E-state index in [2.05, 4.69) is 28.2 Å². The summed E-state index contributed by atoms with van der Waals surface area (Å²) in [5.41, 5.74) is 0. The molecule has 0 saturated carbocycles. The Balaban J connectivity index is 3.50. The molecular formula is C36H65N5O9. The van der Waals surface area contributed by atoms with Crippen molar-refractivity contribution in [3.8, 4) is 0 Å². The number of likely N-dealkylation sites (N-methyl/N-ethyl adjacent to an activating group) is 1. The van der Waals surface area contributed by atoms with Crippen LogP contribution in [0, 0.1) is 17.8 Å². The molecule has 0 spiro atoms. The zero-order valence-electron chi connectivity index (χ0n) is 31.6. The maximum absolute atomic E-state index is 14.0. The van der Waals surface area contributed by atoms with Crippen molar-refractivity contribution in [1.29, 1.82) is 0 Å². The number of aliphatic hydroxyl groups is 2. The molecule has 7 unspecified atom stereocenters. The van der Waals surface area contributed by atoms with Crippen LogP contribution >= 0.6 is 0 Å². The maximum Gasteiger partial charge on any atom is 0.325 e. The lowest BCUT2D eigenvalue weighted by atomic mass is 9.94. The Kier molecular flexibility index (Phi) is 20.8. The molecule has 8 atom stereocenters. The van der Waals surface area contributed by atoms with Gasteiger partial charge in [0.2, 0.25) is 29.5 Å². The van der Waals surface area contributed by atoms with Crippen molar-refractivity contribution >= 4 is 35.5 Å². The highest BCUT2D eigenvalue weighted by Gasteiger charge is 2.38. The Hall–Kier alpha value is -3.26. The Morgan fingerprint density at radius 1 is 0.800 bits per heavy atom. The zero-order chi connectivity index (χ0) is 38.0. The van der Waals surface area contributed by atoms with E-state index in [1.807, 2.05) is 20.8 Å². The van der Waals surface area contributed by atoms with Crippen LogP contribution < -0.4 is 21.3 Å². The van der Waals surface area contributed by atoms with Gasteiger partial charge in [-0.1, -0.05) is 92.9 Å². The van der Waals surface area contributed by atoms with Gasteiger partial charge in [-0.3, -0.25) is 28.8 Å². The quantitative estimate of drug-likeness (QED) is 0.108. The number of esters is 1. The van der Waals surface area contributed by atoms with E-state index in [0.29, 0.717) is 19.3 Å². The first kappa shape index (κ1) is 44.8. The van der Waals surface area contributed by atoms with E-state index in [0.717, 1.165) is 25.7 Å². The number of ether oxygens (including phenoxy) is 1. The monoisotopic (exact) mass is 711 g/mol. The zero-order valence-corrected chi connectivity index (χ0v) is 31.6. The number of nitrogens with zero attached hydrogens (tertiary/aromatic N) is 1. The van der Waals surface area contributed by atoms with Gasteiger partial charge in [-0.05, 0) is 38.0 Å². The average molecular weight is 712 g/mol. The molecule has 0 aliphatic carbocycles. The van der Waals surface area contributed by atoms with E-state index in [9.17, 15) is 39.0 Å². The fourth-order valence-electron chi connectivity index (χ4n) is 5.96. The van der Waals surface area contributed by atoms with Crippen LogP contribution in [0.4, 0.5) is 0 Å². The van der Waals surface area contributed by atoms with Crippen molar-refractivity contribution in [3.05, 3.63) is 0 Å². The fourth-order valence-corrected chi connectivity index (χ4v) is 5.96. The molecule has 1 aliphatic heterocycles. The highest BCUT2D eigenvalue weighted by molar-refractivity contribution is 5.96. The van der Waals surface area contributed by atoms with Crippen LogP contribution in [-0.2, 0) is 33.5 Å². The first-order chi connectivity index (χ1) is 23.6. The van der Waals surface area contributed by atoms with Gasteiger partial charge in [0.15, 0.2) is 0 Å². The minimum atomic E-state index is -1.53. The van der Waals surface area contributed by atoms with E-state index < -0.39 is 96.9 Å². The summed E-state index contributed by atoms with van der Waals surface area (Å²) < 4.78 is 5.79.